The van der Waals surface area contributed by atoms with Crippen molar-refractivity contribution in [3.63, 3.8) is 0 Å². The SMILES string of the molecule is [O-][n+]1cc(Br)c(Cl)c2c1CCCC2. The normalized spacial score (nSPS) is 15.5. The van der Waals surface area contributed by atoms with Crippen molar-refractivity contribution in [2.75, 3.05) is 0 Å². The first-order chi connectivity index (χ1) is 6.20. The molecule has 4 heteroatoms. The van der Waals surface area contributed by atoms with E-state index >= 15 is 0 Å². The van der Waals surface area contributed by atoms with E-state index in [0.717, 1.165) is 41.7 Å². The molecular weight excluding hydrogens is 253 g/mol. The average molecular weight is 263 g/mol. The fraction of sp³-hybridized carbons (Fsp3) is 0.444. The number of aromatic nitrogens is 1. The van der Waals surface area contributed by atoms with E-state index in [0.29, 0.717) is 9.50 Å². The molecule has 13 heavy (non-hydrogen) atoms. The van der Waals surface area contributed by atoms with Gasteiger partial charge in [0.1, 0.15) is 4.47 Å². The highest BCUT2D eigenvalue weighted by atomic mass is 79.9. The van der Waals surface area contributed by atoms with Crippen molar-refractivity contribution in [2.45, 2.75) is 25.7 Å². The Hall–Kier alpha value is -0.280. The summed E-state index contributed by atoms with van der Waals surface area (Å²) in [7, 11) is 0. The lowest BCUT2D eigenvalue weighted by atomic mass is 9.96. The standard InChI is InChI=1S/C9H9BrClNO/c10-7-5-12(13)8-4-2-1-3-6(8)9(7)11/h5H,1-4H2. The lowest BCUT2D eigenvalue weighted by molar-refractivity contribution is -0.615. The molecule has 0 radical (unpaired) electrons. The van der Waals surface area contributed by atoms with Gasteiger partial charge in [0.25, 0.3) is 0 Å². The molecule has 2 rings (SSSR count). The number of hydrogen-bond donors (Lipinski definition) is 0. The van der Waals surface area contributed by atoms with Crippen LogP contribution in [0.1, 0.15) is 24.1 Å². The molecule has 0 fully saturated rings. The molecule has 0 saturated carbocycles. The maximum Gasteiger partial charge on any atom is 0.197 e. The molecule has 1 aromatic heterocycles. The van der Waals surface area contributed by atoms with Gasteiger partial charge in [-0.1, -0.05) is 11.6 Å². The van der Waals surface area contributed by atoms with E-state index in [1.165, 1.54) is 6.20 Å². The van der Waals surface area contributed by atoms with Gasteiger partial charge in [-0.25, -0.2) is 0 Å². The van der Waals surface area contributed by atoms with Crippen LogP contribution in [-0.4, -0.2) is 0 Å². The van der Waals surface area contributed by atoms with Crippen molar-refractivity contribution in [3.8, 4) is 0 Å². The van der Waals surface area contributed by atoms with Gasteiger partial charge in [-0.3, -0.25) is 0 Å². The minimum atomic E-state index is 0.699. The Morgan fingerprint density at radius 3 is 2.85 bits per heavy atom. The van der Waals surface area contributed by atoms with E-state index < -0.39 is 0 Å². The highest BCUT2D eigenvalue weighted by molar-refractivity contribution is 9.10. The van der Waals surface area contributed by atoms with Gasteiger partial charge in [-0.2, -0.15) is 4.73 Å². The highest BCUT2D eigenvalue weighted by Crippen LogP contribution is 2.30. The van der Waals surface area contributed by atoms with E-state index in [4.69, 9.17) is 11.6 Å². The molecule has 1 aliphatic carbocycles. The van der Waals surface area contributed by atoms with Crippen LogP contribution in [0.2, 0.25) is 5.02 Å². The van der Waals surface area contributed by atoms with E-state index in [1.54, 1.807) is 0 Å². The minimum Gasteiger partial charge on any atom is -0.618 e. The zero-order valence-corrected chi connectivity index (χ0v) is 9.36. The van der Waals surface area contributed by atoms with Crippen LogP contribution < -0.4 is 4.73 Å². The second-order valence-electron chi connectivity index (χ2n) is 3.25. The van der Waals surface area contributed by atoms with Crippen LogP contribution in [0.3, 0.4) is 0 Å². The summed E-state index contributed by atoms with van der Waals surface area (Å²) in [5.74, 6) is 0. The molecular formula is C9H9BrClNO. The Kier molecular flexibility index (Phi) is 2.47. The average Bonchev–Trinajstić information content (AvgIpc) is 2.15. The van der Waals surface area contributed by atoms with Gasteiger partial charge >= 0.3 is 0 Å². The summed E-state index contributed by atoms with van der Waals surface area (Å²) < 4.78 is 1.63. The number of halogens is 2. The van der Waals surface area contributed by atoms with Gasteiger partial charge < -0.3 is 5.21 Å². The zero-order valence-electron chi connectivity index (χ0n) is 7.02. The predicted molar refractivity (Wildman–Crippen MR) is 54.8 cm³/mol. The predicted octanol–water partition coefficient (Wildman–Crippen LogP) is 2.61. The first-order valence-electron chi connectivity index (χ1n) is 4.29. The summed E-state index contributed by atoms with van der Waals surface area (Å²) >= 11 is 9.36. The summed E-state index contributed by atoms with van der Waals surface area (Å²) in [6.45, 7) is 0. The smallest absolute Gasteiger partial charge is 0.197 e. The van der Waals surface area contributed by atoms with E-state index in [-0.39, 0.29) is 0 Å². The first kappa shape index (κ1) is 9.28. The summed E-state index contributed by atoms with van der Waals surface area (Å²) in [4.78, 5) is 0. The van der Waals surface area contributed by atoms with Crippen LogP contribution in [0.5, 0.6) is 0 Å². The number of fused-ring (bicyclic) bond motifs is 1. The molecule has 1 aliphatic rings. The molecule has 0 spiro atoms. The Labute approximate surface area is 90.2 Å². The summed E-state index contributed by atoms with van der Waals surface area (Å²) in [6, 6.07) is 0. The van der Waals surface area contributed by atoms with Crippen molar-refractivity contribution in [2.24, 2.45) is 0 Å². The van der Waals surface area contributed by atoms with E-state index in [1.807, 2.05) is 0 Å². The lowest BCUT2D eigenvalue weighted by Crippen LogP contribution is -2.34. The van der Waals surface area contributed by atoms with Gasteiger partial charge in [0.15, 0.2) is 11.9 Å². The molecule has 1 aromatic rings. The number of nitrogens with zero attached hydrogens (tertiary/aromatic N) is 1. The number of rotatable bonds is 0. The topological polar surface area (TPSA) is 26.9 Å². The van der Waals surface area contributed by atoms with Crippen molar-refractivity contribution in [3.05, 3.63) is 32.2 Å². The van der Waals surface area contributed by atoms with Crippen LogP contribution >= 0.6 is 27.5 Å². The molecule has 0 saturated heterocycles. The van der Waals surface area contributed by atoms with Gasteiger partial charge in [0, 0.05) is 12.0 Å². The third-order valence-corrected chi connectivity index (χ3v) is 3.67. The minimum absolute atomic E-state index is 0.699. The molecule has 0 aromatic carbocycles. The Morgan fingerprint density at radius 2 is 2.08 bits per heavy atom. The van der Waals surface area contributed by atoms with Crippen LogP contribution in [0.25, 0.3) is 0 Å². The monoisotopic (exact) mass is 261 g/mol. The molecule has 0 atom stereocenters. The van der Waals surface area contributed by atoms with Crippen LogP contribution in [0.15, 0.2) is 10.7 Å². The van der Waals surface area contributed by atoms with Crippen LogP contribution in [0, 0.1) is 5.21 Å². The summed E-state index contributed by atoms with van der Waals surface area (Å²) in [6.07, 6.45) is 5.49. The van der Waals surface area contributed by atoms with Gasteiger partial charge in [0.2, 0.25) is 0 Å². The molecule has 0 amide bonds. The fourth-order valence-corrected chi connectivity index (χ4v) is 2.43. The Morgan fingerprint density at radius 1 is 1.38 bits per heavy atom. The fourth-order valence-electron chi connectivity index (χ4n) is 1.75. The molecule has 0 bridgehead atoms. The van der Waals surface area contributed by atoms with Crippen molar-refractivity contribution in [1.82, 2.24) is 0 Å². The van der Waals surface area contributed by atoms with E-state index in [2.05, 4.69) is 15.9 Å². The van der Waals surface area contributed by atoms with Crippen LogP contribution in [0.4, 0.5) is 0 Å². The molecule has 70 valence electrons. The maximum atomic E-state index is 11.5. The van der Waals surface area contributed by atoms with Crippen LogP contribution in [-0.2, 0) is 12.8 Å². The van der Waals surface area contributed by atoms with Crippen molar-refractivity contribution in [1.29, 1.82) is 0 Å². The Bertz CT molecular complexity index is 354. The van der Waals surface area contributed by atoms with Gasteiger partial charge in [0.05, 0.1) is 5.02 Å². The largest absolute Gasteiger partial charge is 0.618 e. The quantitative estimate of drug-likeness (QED) is 0.521. The van der Waals surface area contributed by atoms with Gasteiger partial charge in [-0.15, -0.1) is 0 Å². The molecule has 2 nitrogen and oxygen atoms in total. The first-order valence-corrected chi connectivity index (χ1v) is 5.46. The molecule has 0 unspecified atom stereocenters. The Balaban J connectivity index is 2.63. The zero-order chi connectivity index (χ0) is 9.42. The summed E-state index contributed by atoms with van der Waals surface area (Å²) in [5, 5.41) is 12.2. The lowest BCUT2D eigenvalue weighted by Gasteiger charge is -2.16. The van der Waals surface area contributed by atoms with E-state index in [9.17, 15) is 5.21 Å². The highest BCUT2D eigenvalue weighted by Gasteiger charge is 2.22. The van der Waals surface area contributed by atoms with Gasteiger partial charge in [-0.05, 0) is 35.2 Å². The third-order valence-electron chi connectivity index (χ3n) is 2.41. The number of pyridine rings is 1. The second kappa shape index (κ2) is 3.46. The maximum absolute atomic E-state index is 11.5. The number of hydrogen-bond acceptors (Lipinski definition) is 1. The summed E-state index contributed by atoms with van der Waals surface area (Å²) in [5.41, 5.74) is 1.87. The second-order valence-corrected chi connectivity index (χ2v) is 4.48. The molecule has 1 heterocycles. The van der Waals surface area contributed by atoms with Crippen molar-refractivity contribution < 1.29 is 4.73 Å². The molecule has 0 N–H and O–H groups in total. The molecule has 0 aliphatic heterocycles. The third kappa shape index (κ3) is 1.55. The van der Waals surface area contributed by atoms with Crippen molar-refractivity contribution >= 4 is 27.5 Å².